The second kappa shape index (κ2) is 6.53. The lowest BCUT2D eigenvalue weighted by Crippen LogP contribution is -2.31. The summed E-state index contributed by atoms with van der Waals surface area (Å²) in [5.74, 6) is -0.0270. The SMILES string of the molecule is C[C@@H](Nc1ccc(Br)cc1)C(=O)Nc1ccc2c(c1)CCC2. The molecule has 1 amide bonds. The Balaban J connectivity index is 1.62. The third-order valence-corrected chi connectivity index (χ3v) is 4.52. The third kappa shape index (κ3) is 3.50. The van der Waals surface area contributed by atoms with Crippen molar-refractivity contribution in [1.29, 1.82) is 0 Å². The first-order valence-corrected chi connectivity index (χ1v) is 8.36. The molecular weight excluding hydrogens is 340 g/mol. The van der Waals surface area contributed by atoms with Gasteiger partial charge in [-0.2, -0.15) is 0 Å². The lowest BCUT2D eigenvalue weighted by Gasteiger charge is -2.16. The van der Waals surface area contributed by atoms with Crippen LogP contribution in [-0.4, -0.2) is 11.9 Å². The number of rotatable bonds is 4. The lowest BCUT2D eigenvalue weighted by atomic mass is 10.1. The van der Waals surface area contributed by atoms with Crippen LogP contribution in [0, 0.1) is 0 Å². The van der Waals surface area contributed by atoms with E-state index >= 15 is 0 Å². The molecule has 0 saturated heterocycles. The molecular formula is C18H19BrN2O. The Morgan fingerprint density at radius 3 is 2.50 bits per heavy atom. The van der Waals surface area contributed by atoms with Gasteiger partial charge in [-0.3, -0.25) is 4.79 Å². The van der Waals surface area contributed by atoms with Crippen molar-refractivity contribution in [2.45, 2.75) is 32.2 Å². The van der Waals surface area contributed by atoms with Crippen LogP contribution in [0.4, 0.5) is 11.4 Å². The molecule has 2 aromatic rings. The summed E-state index contributed by atoms with van der Waals surface area (Å²) in [5.41, 5.74) is 4.60. The molecule has 3 nitrogen and oxygen atoms in total. The van der Waals surface area contributed by atoms with E-state index in [4.69, 9.17) is 0 Å². The standard InChI is InChI=1S/C18H19BrN2O/c1-12(20-16-9-6-15(19)7-10-16)18(22)21-17-8-5-13-3-2-4-14(13)11-17/h5-12,20H,2-4H2,1H3,(H,21,22)/t12-/m1/s1. The van der Waals surface area contributed by atoms with Gasteiger partial charge in [0.2, 0.25) is 5.91 Å². The Labute approximate surface area is 139 Å². The Morgan fingerprint density at radius 2 is 1.73 bits per heavy atom. The van der Waals surface area contributed by atoms with E-state index in [2.05, 4.69) is 38.7 Å². The van der Waals surface area contributed by atoms with Gasteiger partial charge in [-0.15, -0.1) is 0 Å². The van der Waals surface area contributed by atoms with Crippen LogP contribution in [0.15, 0.2) is 46.9 Å². The summed E-state index contributed by atoms with van der Waals surface area (Å²) < 4.78 is 1.02. The van der Waals surface area contributed by atoms with E-state index in [-0.39, 0.29) is 11.9 Å². The topological polar surface area (TPSA) is 41.1 Å². The fourth-order valence-electron chi connectivity index (χ4n) is 2.76. The van der Waals surface area contributed by atoms with Gasteiger partial charge >= 0.3 is 0 Å². The average Bonchev–Trinajstić information content (AvgIpc) is 2.97. The van der Waals surface area contributed by atoms with Crippen molar-refractivity contribution in [1.82, 2.24) is 0 Å². The summed E-state index contributed by atoms with van der Waals surface area (Å²) >= 11 is 3.40. The number of amides is 1. The maximum absolute atomic E-state index is 12.3. The highest BCUT2D eigenvalue weighted by Gasteiger charge is 2.15. The predicted octanol–water partition coefficient (Wildman–Crippen LogP) is 4.38. The molecule has 2 aromatic carbocycles. The quantitative estimate of drug-likeness (QED) is 0.851. The van der Waals surface area contributed by atoms with E-state index in [0.29, 0.717) is 0 Å². The summed E-state index contributed by atoms with van der Waals surface area (Å²) in [6.45, 7) is 1.87. The number of hydrogen-bond donors (Lipinski definition) is 2. The highest BCUT2D eigenvalue weighted by molar-refractivity contribution is 9.10. The van der Waals surface area contributed by atoms with Gasteiger partial charge in [0.25, 0.3) is 0 Å². The summed E-state index contributed by atoms with van der Waals surface area (Å²) in [5, 5.41) is 6.20. The maximum Gasteiger partial charge on any atom is 0.246 e. The molecule has 0 aliphatic heterocycles. The minimum Gasteiger partial charge on any atom is -0.374 e. The summed E-state index contributed by atoms with van der Waals surface area (Å²) in [4.78, 5) is 12.3. The van der Waals surface area contributed by atoms with Crippen LogP contribution in [-0.2, 0) is 17.6 Å². The monoisotopic (exact) mass is 358 g/mol. The van der Waals surface area contributed by atoms with E-state index in [1.54, 1.807) is 0 Å². The molecule has 4 heteroatoms. The lowest BCUT2D eigenvalue weighted by molar-refractivity contribution is -0.116. The largest absolute Gasteiger partial charge is 0.374 e. The van der Waals surface area contributed by atoms with Crippen LogP contribution in [0.1, 0.15) is 24.5 Å². The molecule has 1 atom stereocenters. The summed E-state index contributed by atoms with van der Waals surface area (Å²) in [6.07, 6.45) is 3.49. The van der Waals surface area contributed by atoms with Crippen molar-refractivity contribution in [3.63, 3.8) is 0 Å². The average molecular weight is 359 g/mol. The van der Waals surface area contributed by atoms with Crippen molar-refractivity contribution in [3.8, 4) is 0 Å². The Morgan fingerprint density at radius 1 is 1.05 bits per heavy atom. The van der Waals surface area contributed by atoms with Gasteiger partial charge in [0.15, 0.2) is 0 Å². The summed E-state index contributed by atoms with van der Waals surface area (Å²) in [7, 11) is 0. The molecule has 114 valence electrons. The Hall–Kier alpha value is -1.81. The van der Waals surface area contributed by atoms with Crippen LogP contribution in [0.5, 0.6) is 0 Å². The molecule has 0 unspecified atom stereocenters. The van der Waals surface area contributed by atoms with Gasteiger partial charge in [0.05, 0.1) is 0 Å². The molecule has 0 heterocycles. The smallest absolute Gasteiger partial charge is 0.246 e. The number of fused-ring (bicyclic) bond motifs is 1. The van der Waals surface area contributed by atoms with Crippen LogP contribution < -0.4 is 10.6 Å². The molecule has 0 spiro atoms. The van der Waals surface area contributed by atoms with E-state index in [1.165, 1.54) is 17.5 Å². The van der Waals surface area contributed by atoms with Crippen LogP contribution >= 0.6 is 15.9 Å². The number of benzene rings is 2. The van der Waals surface area contributed by atoms with Crippen molar-refractivity contribution < 1.29 is 4.79 Å². The molecule has 3 rings (SSSR count). The minimum absolute atomic E-state index is 0.0270. The van der Waals surface area contributed by atoms with Crippen LogP contribution in [0.3, 0.4) is 0 Å². The van der Waals surface area contributed by atoms with Gasteiger partial charge in [-0.25, -0.2) is 0 Å². The Bertz CT molecular complexity index is 682. The molecule has 0 bridgehead atoms. The van der Waals surface area contributed by atoms with Gasteiger partial charge < -0.3 is 10.6 Å². The number of carbonyl (C=O) groups is 1. The molecule has 0 saturated carbocycles. The molecule has 0 radical (unpaired) electrons. The predicted molar refractivity (Wildman–Crippen MR) is 94.3 cm³/mol. The minimum atomic E-state index is -0.297. The van der Waals surface area contributed by atoms with Crippen molar-refractivity contribution in [2.24, 2.45) is 0 Å². The molecule has 0 aromatic heterocycles. The zero-order valence-electron chi connectivity index (χ0n) is 12.5. The van der Waals surface area contributed by atoms with Crippen molar-refractivity contribution >= 4 is 33.2 Å². The summed E-state index contributed by atoms with van der Waals surface area (Å²) in [6, 6.07) is 13.7. The fraction of sp³-hybridized carbons (Fsp3) is 0.278. The zero-order valence-corrected chi connectivity index (χ0v) is 14.1. The highest BCUT2D eigenvalue weighted by atomic mass is 79.9. The van der Waals surface area contributed by atoms with E-state index < -0.39 is 0 Å². The van der Waals surface area contributed by atoms with Gasteiger partial charge in [-0.05, 0) is 73.7 Å². The zero-order chi connectivity index (χ0) is 15.5. The maximum atomic E-state index is 12.3. The molecule has 1 aliphatic carbocycles. The number of carbonyl (C=O) groups excluding carboxylic acids is 1. The van der Waals surface area contributed by atoms with E-state index in [1.807, 2.05) is 37.3 Å². The van der Waals surface area contributed by atoms with Crippen LogP contribution in [0.2, 0.25) is 0 Å². The second-order valence-corrected chi connectivity index (χ2v) is 6.61. The molecule has 22 heavy (non-hydrogen) atoms. The van der Waals surface area contributed by atoms with Gasteiger partial charge in [0, 0.05) is 15.8 Å². The second-order valence-electron chi connectivity index (χ2n) is 5.70. The fourth-order valence-corrected chi connectivity index (χ4v) is 3.03. The van der Waals surface area contributed by atoms with Crippen LogP contribution in [0.25, 0.3) is 0 Å². The number of anilines is 2. The number of halogens is 1. The number of aryl methyl sites for hydroxylation is 2. The molecule has 1 aliphatic rings. The normalized spacial score (nSPS) is 14.3. The first-order chi connectivity index (χ1) is 10.6. The van der Waals surface area contributed by atoms with Gasteiger partial charge in [-0.1, -0.05) is 22.0 Å². The van der Waals surface area contributed by atoms with E-state index in [0.717, 1.165) is 28.7 Å². The highest BCUT2D eigenvalue weighted by Crippen LogP contribution is 2.25. The number of nitrogens with one attached hydrogen (secondary N) is 2. The first-order valence-electron chi connectivity index (χ1n) is 7.56. The number of hydrogen-bond acceptors (Lipinski definition) is 2. The van der Waals surface area contributed by atoms with Crippen molar-refractivity contribution in [2.75, 3.05) is 10.6 Å². The molecule has 2 N–H and O–H groups in total. The van der Waals surface area contributed by atoms with E-state index in [9.17, 15) is 4.79 Å². The molecule has 0 fully saturated rings. The first kappa shape index (κ1) is 15.1. The Kier molecular flexibility index (Phi) is 4.48. The third-order valence-electron chi connectivity index (χ3n) is 3.99. The van der Waals surface area contributed by atoms with Crippen molar-refractivity contribution in [3.05, 3.63) is 58.1 Å². The van der Waals surface area contributed by atoms with Gasteiger partial charge in [0.1, 0.15) is 6.04 Å².